The highest BCUT2D eigenvalue weighted by atomic mass is 35.5. The molecule has 0 bridgehead atoms. The van der Waals surface area contributed by atoms with Crippen LogP contribution < -0.4 is 5.73 Å². The van der Waals surface area contributed by atoms with E-state index in [1.54, 1.807) is 7.11 Å². The summed E-state index contributed by atoms with van der Waals surface area (Å²) >= 11 is 0. The number of nitrogens with zero attached hydrogens (tertiary/aromatic N) is 2. The third-order valence-electron chi connectivity index (χ3n) is 4.11. The number of hydrogen-bond donors (Lipinski definition) is 1. The van der Waals surface area contributed by atoms with Crippen LogP contribution in [0.1, 0.15) is 43.1 Å². The van der Waals surface area contributed by atoms with Crippen LogP contribution in [0.15, 0.2) is 4.42 Å². The zero-order valence-electron chi connectivity index (χ0n) is 12.9. The first-order chi connectivity index (χ1) is 10.9. The Kier molecular flexibility index (Phi) is 6.08. The summed E-state index contributed by atoms with van der Waals surface area (Å²) in [5.74, 6) is 0.338. The average molecular weight is 374 g/mol. The molecule has 0 amide bonds. The van der Waals surface area contributed by atoms with Gasteiger partial charge >= 0.3 is 6.36 Å². The lowest BCUT2D eigenvalue weighted by Crippen LogP contribution is -2.41. The molecular formula is C13H19ClF3N3O4. The molecule has 2 heterocycles. The van der Waals surface area contributed by atoms with Gasteiger partial charge in [-0.2, -0.15) is 0 Å². The van der Waals surface area contributed by atoms with Crippen LogP contribution in [-0.2, 0) is 14.2 Å². The van der Waals surface area contributed by atoms with E-state index in [1.807, 2.05) is 0 Å². The van der Waals surface area contributed by atoms with Gasteiger partial charge in [0.15, 0.2) is 6.10 Å². The van der Waals surface area contributed by atoms with Crippen molar-refractivity contribution < 1.29 is 31.8 Å². The molecule has 1 aliphatic carbocycles. The van der Waals surface area contributed by atoms with Crippen LogP contribution in [0, 0.1) is 0 Å². The minimum atomic E-state index is -4.62. The van der Waals surface area contributed by atoms with Crippen molar-refractivity contribution >= 4 is 12.4 Å². The Labute approximate surface area is 142 Å². The first-order valence-corrected chi connectivity index (χ1v) is 7.33. The molecule has 7 nitrogen and oxygen atoms in total. The monoisotopic (exact) mass is 373 g/mol. The molecule has 1 saturated carbocycles. The van der Waals surface area contributed by atoms with Crippen molar-refractivity contribution in [2.45, 2.75) is 55.9 Å². The molecule has 2 aliphatic rings. The molecule has 24 heavy (non-hydrogen) atoms. The van der Waals surface area contributed by atoms with Crippen molar-refractivity contribution in [1.82, 2.24) is 10.2 Å². The number of hydrogen-bond acceptors (Lipinski definition) is 7. The van der Waals surface area contributed by atoms with Gasteiger partial charge in [-0.05, 0) is 19.3 Å². The Morgan fingerprint density at radius 2 is 1.83 bits per heavy atom. The molecule has 1 aromatic rings. The molecule has 3 atom stereocenters. The van der Waals surface area contributed by atoms with Gasteiger partial charge in [-0.1, -0.05) is 0 Å². The molecule has 0 spiro atoms. The van der Waals surface area contributed by atoms with E-state index in [0.29, 0.717) is 18.9 Å². The van der Waals surface area contributed by atoms with E-state index in [2.05, 4.69) is 14.9 Å². The zero-order valence-corrected chi connectivity index (χ0v) is 13.7. The van der Waals surface area contributed by atoms with Crippen molar-refractivity contribution in [2.24, 2.45) is 5.73 Å². The van der Waals surface area contributed by atoms with Crippen molar-refractivity contribution in [3.05, 3.63) is 11.8 Å². The number of alkyl halides is 3. The van der Waals surface area contributed by atoms with E-state index in [-0.39, 0.29) is 49.2 Å². The van der Waals surface area contributed by atoms with Crippen LogP contribution >= 0.6 is 12.4 Å². The van der Waals surface area contributed by atoms with Crippen LogP contribution in [0.3, 0.4) is 0 Å². The molecule has 1 aromatic heterocycles. The maximum atomic E-state index is 12.1. The molecule has 0 aromatic carbocycles. The fourth-order valence-corrected chi connectivity index (χ4v) is 2.85. The van der Waals surface area contributed by atoms with Gasteiger partial charge in [0.2, 0.25) is 11.8 Å². The second-order valence-electron chi connectivity index (χ2n) is 5.86. The first kappa shape index (κ1) is 19.4. The van der Waals surface area contributed by atoms with Crippen molar-refractivity contribution in [1.29, 1.82) is 0 Å². The van der Waals surface area contributed by atoms with Gasteiger partial charge in [0.05, 0.1) is 18.8 Å². The number of nitrogens with two attached hydrogens (primary N) is 1. The van der Waals surface area contributed by atoms with E-state index >= 15 is 0 Å². The maximum Gasteiger partial charge on any atom is 0.522 e. The maximum absolute atomic E-state index is 12.1. The summed E-state index contributed by atoms with van der Waals surface area (Å²) in [6.07, 6.45) is -5.28. The van der Waals surface area contributed by atoms with E-state index in [0.717, 1.165) is 0 Å². The molecule has 1 unspecified atom stereocenters. The number of ether oxygens (including phenoxy) is 3. The lowest BCUT2D eigenvalue weighted by atomic mass is 9.82. The lowest BCUT2D eigenvalue weighted by Gasteiger charge is -2.33. The molecule has 2 N–H and O–H groups in total. The smallest absolute Gasteiger partial charge is 0.422 e. The SMILES string of the molecule is COC1C[C@@H](N)CO[C@@H]1c1nnc(C2CC(OC(F)(F)F)C2)o1.Cl. The minimum absolute atomic E-state index is 0. The summed E-state index contributed by atoms with van der Waals surface area (Å²) in [5.41, 5.74) is 5.81. The standard InChI is InChI=1S/C13H18F3N3O4.ClH/c1-20-9-4-7(17)5-21-10(9)12-19-18-11(22-12)6-2-8(3-6)23-13(14,15)16;/h6-10H,2-5,17H2,1H3;1H/t6?,7-,8?,9?,10+;/m1./s1. The summed E-state index contributed by atoms with van der Waals surface area (Å²) in [7, 11) is 1.54. The molecule has 1 aliphatic heterocycles. The third kappa shape index (κ3) is 4.37. The Balaban J connectivity index is 0.00000208. The summed E-state index contributed by atoms with van der Waals surface area (Å²) in [4.78, 5) is 0. The van der Waals surface area contributed by atoms with Gasteiger partial charge in [-0.25, -0.2) is 0 Å². The Morgan fingerprint density at radius 1 is 1.17 bits per heavy atom. The zero-order chi connectivity index (χ0) is 16.6. The predicted octanol–water partition coefficient (Wildman–Crippen LogP) is 2.08. The van der Waals surface area contributed by atoms with E-state index < -0.39 is 18.6 Å². The Morgan fingerprint density at radius 3 is 2.46 bits per heavy atom. The number of rotatable bonds is 4. The van der Waals surface area contributed by atoms with Crippen molar-refractivity contribution in [3.8, 4) is 0 Å². The van der Waals surface area contributed by atoms with Crippen LogP contribution in [0.5, 0.6) is 0 Å². The predicted molar refractivity (Wildman–Crippen MR) is 76.5 cm³/mol. The summed E-state index contributed by atoms with van der Waals surface area (Å²) in [6, 6.07) is -0.120. The first-order valence-electron chi connectivity index (χ1n) is 7.33. The largest absolute Gasteiger partial charge is 0.522 e. The topological polar surface area (TPSA) is 92.6 Å². The van der Waals surface area contributed by atoms with Gasteiger partial charge in [-0.15, -0.1) is 35.8 Å². The van der Waals surface area contributed by atoms with E-state index in [1.165, 1.54) is 0 Å². The Bertz CT molecular complexity index is 539. The lowest BCUT2D eigenvalue weighted by molar-refractivity contribution is -0.352. The fourth-order valence-electron chi connectivity index (χ4n) is 2.85. The molecule has 3 rings (SSSR count). The van der Waals surface area contributed by atoms with Crippen molar-refractivity contribution in [2.75, 3.05) is 13.7 Å². The molecule has 138 valence electrons. The highest BCUT2D eigenvalue weighted by molar-refractivity contribution is 5.85. The number of methoxy groups -OCH3 is 1. The average Bonchev–Trinajstić information content (AvgIpc) is 2.90. The molecule has 11 heteroatoms. The fraction of sp³-hybridized carbons (Fsp3) is 0.846. The summed E-state index contributed by atoms with van der Waals surface area (Å²) in [6.45, 7) is 0.354. The van der Waals surface area contributed by atoms with Crippen LogP contribution in [0.2, 0.25) is 0 Å². The van der Waals surface area contributed by atoms with Gasteiger partial charge in [0.25, 0.3) is 0 Å². The van der Waals surface area contributed by atoms with Crippen LogP contribution in [0.25, 0.3) is 0 Å². The summed E-state index contributed by atoms with van der Waals surface area (Å²) < 4.78 is 56.7. The molecule has 2 fully saturated rings. The molecule has 0 radical (unpaired) electrons. The van der Waals surface area contributed by atoms with Crippen LogP contribution in [-0.4, -0.2) is 48.5 Å². The number of aromatic nitrogens is 2. The summed E-state index contributed by atoms with van der Waals surface area (Å²) in [5, 5.41) is 7.85. The quantitative estimate of drug-likeness (QED) is 0.863. The Hall–Kier alpha value is -0.940. The number of halogens is 4. The highest BCUT2D eigenvalue weighted by Crippen LogP contribution is 2.41. The normalized spacial score (nSPS) is 33.6. The second kappa shape index (κ2) is 7.52. The minimum Gasteiger partial charge on any atom is -0.422 e. The molecular weight excluding hydrogens is 355 g/mol. The van der Waals surface area contributed by atoms with E-state index in [9.17, 15) is 13.2 Å². The van der Waals surface area contributed by atoms with Crippen molar-refractivity contribution in [3.63, 3.8) is 0 Å². The molecule has 1 saturated heterocycles. The van der Waals surface area contributed by atoms with Gasteiger partial charge < -0.3 is 19.6 Å². The highest BCUT2D eigenvalue weighted by Gasteiger charge is 2.43. The van der Waals surface area contributed by atoms with Gasteiger partial charge in [0, 0.05) is 19.1 Å². The van der Waals surface area contributed by atoms with E-state index in [4.69, 9.17) is 19.6 Å². The van der Waals surface area contributed by atoms with Gasteiger partial charge in [-0.3, -0.25) is 4.74 Å². The van der Waals surface area contributed by atoms with Crippen LogP contribution in [0.4, 0.5) is 13.2 Å². The van der Waals surface area contributed by atoms with Gasteiger partial charge in [0.1, 0.15) is 0 Å². The third-order valence-corrected chi connectivity index (χ3v) is 4.11. The second-order valence-corrected chi connectivity index (χ2v) is 5.86.